The highest BCUT2D eigenvalue weighted by Crippen LogP contribution is 2.48. The molecule has 9 aromatic rings. The smallest absolute Gasteiger partial charge is 0.164 e. The summed E-state index contributed by atoms with van der Waals surface area (Å²) in [5.74, 6) is 2.91. The van der Waals surface area contributed by atoms with E-state index in [2.05, 4.69) is 140 Å². The lowest BCUT2D eigenvalue weighted by molar-refractivity contribution is 0.271. The van der Waals surface area contributed by atoms with E-state index < -0.39 is 0 Å². The van der Waals surface area contributed by atoms with Crippen molar-refractivity contribution in [2.24, 2.45) is 0 Å². The molecule has 6 heteroatoms. The Morgan fingerprint density at radius 1 is 0.636 bits per heavy atom. The number of thiophene rings is 1. The molecule has 2 aliphatic carbocycles. The Morgan fingerprint density at radius 2 is 1.45 bits per heavy atom. The van der Waals surface area contributed by atoms with Crippen LogP contribution in [0.15, 0.2) is 156 Å². The van der Waals surface area contributed by atoms with Gasteiger partial charge in [-0.15, -0.1) is 11.3 Å². The third kappa shape index (κ3) is 4.81. The van der Waals surface area contributed by atoms with Gasteiger partial charge >= 0.3 is 0 Å². The molecule has 0 N–H and O–H groups in total. The fraction of sp³-hybridized carbons (Fsp3) is 0.0816. The van der Waals surface area contributed by atoms with Crippen molar-refractivity contribution in [2.45, 2.75) is 24.4 Å². The summed E-state index contributed by atoms with van der Waals surface area (Å²) in [6.45, 7) is 0. The van der Waals surface area contributed by atoms with E-state index in [0.717, 1.165) is 67.8 Å². The molecule has 0 radical (unpaired) electrons. The molecule has 6 aromatic carbocycles. The monoisotopic (exact) mass is 725 g/mol. The van der Waals surface area contributed by atoms with Gasteiger partial charge < -0.3 is 9.15 Å². The zero-order chi connectivity index (χ0) is 36.0. The number of hydrogen-bond donors (Lipinski definition) is 0. The Hall–Kier alpha value is -6.63. The van der Waals surface area contributed by atoms with Crippen LogP contribution in [-0.4, -0.2) is 21.1 Å². The SMILES string of the molecule is C1=CC2Oc3ccccc3C2C(c2nc(-c3cc(-c4cccc5sc6ccccc6c45)cc4oc5ccccc5c34)nc(C3C=Cc4ccccc4C3)n2)=C1. The summed E-state index contributed by atoms with van der Waals surface area (Å²) < 4.78 is 15.7. The second-order valence-electron chi connectivity index (χ2n) is 14.6. The number of furan rings is 1. The molecule has 0 saturated carbocycles. The highest BCUT2D eigenvalue weighted by molar-refractivity contribution is 7.25. The third-order valence-corrected chi connectivity index (χ3v) is 12.6. The van der Waals surface area contributed by atoms with Crippen LogP contribution in [0.2, 0.25) is 0 Å². The van der Waals surface area contributed by atoms with Gasteiger partial charge in [-0.2, -0.15) is 0 Å². The Balaban J connectivity index is 1.12. The van der Waals surface area contributed by atoms with Gasteiger partial charge in [0.2, 0.25) is 0 Å². The van der Waals surface area contributed by atoms with Gasteiger partial charge in [-0.25, -0.2) is 15.0 Å². The van der Waals surface area contributed by atoms with Crippen LogP contribution in [0.1, 0.15) is 40.2 Å². The van der Waals surface area contributed by atoms with Crippen LogP contribution < -0.4 is 4.74 Å². The number of hydrogen-bond acceptors (Lipinski definition) is 6. The molecular formula is C49H31N3O2S. The van der Waals surface area contributed by atoms with Crippen molar-refractivity contribution >= 4 is 65.1 Å². The van der Waals surface area contributed by atoms with Crippen molar-refractivity contribution in [3.63, 3.8) is 0 Å². The first kappa shape index (κ1) is 30.8. The topological polar surface area (TPSA) is 61.0 Å². The van der Waals surface area contributed by atoms with Gasteiger partial charge in [-0.05, 0) is 71.1 Å². The van der Waals surface area contributed by atoms with Crippen LogP contribution in [-0.2, 0) is 6.42 Å². The van der Waals surface area contributed by atoms with E-state index in [1.807, 2.05) is 29.5 Å². The first-order chi connectivity index (χ1) is 27.2. The molecular weight excluding hydrogens is 695 g/mol. The average molecular weight is 726 g/mol. The lowest BCUT2D eigenvalue weighted by Crippen LogP contribution is -2.21. The van der Waals surface area contributed by atoms with Crippen molar-refractivity contribution in [3.05, 3.63) is 180 Å². The largest absolute Gasteiger partial charge is 0.485 e. The molecule has 4 heterocycles. The lowest BCUT2D eigenvalue weighted by Gasteiger charge is -2.23. The number of fused-ring (bicyclic) bond motifs is 10. The second kappa shape index (κ2) is 11.9. The molecule has 260 valence electrons. The van der Waals surface area contributed by atoms with Crippen LogP contribution in [0, 0.1) is 0 Å². The molecule has 0 amide bonds. The maximum absolute atomic E-state index is 6.67. The predicted octanol–water partition coefficient (Wildman–Crippen LogP) is 12.3. The van der Waals surface area contributed by atoms with E-state index in [4.69, 9.17) is 24.1 Å². The fourth-order valence-corrected chi connectivity index (χ4v) is 10.0. The Bertz CT molecular complexity index is 3150. The zero-order valence-corrected chi connectivity index (χ0v) is 30.3. The normalized spacial score (nSPS) is 18.4. The minimum absolute atomic E-state index is 0.0243. The highest BCUT2D eigenvalue weighted by atomic mass is 32.1. The minimum atomic E-state index is -0.128. The van der Waals surface area contributed by atoms with Crippen LogP contribution in [0.3, 0.4) is 0 Å². The maximum Gasteiger partial charge on any atom is 0.164 e. The molecule has 3 unspecified atom stereocenters. The Morgan fingerprint density at radius 3 is 2.44 bits per heavy atom. The molecule has 3 aliphatic rings. The molecule has 0 bridgehead atoms. The molecule has 55 heavy (non-hydrogen) atoms. The van der Waals surface area contributed by atoms with Crippen LogP contribution >= 0.6 is 11.3 Å². The van der Waals surface area contributed by atoms with Gasteiger partial charge in [0, 0.05) is 53.6 Å². The predicted molar refractivity (Wildman–Crippen MR) is 224 cm³/mol. The number of benzene rings is 6. The van der Waals surface area contributed by atoms with Gasteiger partial charge in [0.15, 0.2) is 11.6 Å². The zero-order valence-electron chi connectivity index (χ0n) is 29.5. The molecule has 1 aliphatic heterocycles. The molecule has 3 atom stereocenters. The third-order valence-electron chi connectivity index (χ3n) is 11.4. The van der Waals surface area contributed by atoms with Gasteiger partial charge in [0.1, 0.15) is 28.8 Å². The van der Waals surface area contributed by atoms with Crippen molar-refractivity contribution in [1.29, 1.82) is 0 Å². The van der Waals surface area contributed by atoms with Crippen molar-refractivity contribution in [1.82, 2.24) is 15.0 Å². The van der Waals surface area contributed by atoms with Crippen LogP contribution in [0.25, 0.3) is 76.3 Å². The Labute approximate surface area is 320 Å². The number of rotatable bonds is 4. The van der Waals surface area contributed by atoms with E-state index in [1.165, 1.54) is 31.3 Å². The van der Waals surface area contributed by atoms with Gasteiger partial charge in [-0.1, -0.05) is 115 Å². The molecule has 0 fully saturated rings. The number of para-hydroxylation sites is 2. The molecule has 0 saturated heterocycles. The first-order valence-electron chi connectivity index (χ1n) is 18.8. The highest BCUT2D eigenvalue weighted by Gasteiger charge is 2.38. The summed E-state index contributed by atoms with van der Waals surface area (Å²) in [5, 5.41) is 4.53. The molecule has 5 nitrogen and oxygen atoms in total. The standard InChI is InChI=1S/C49H31N3O2S/c1-2-12-29-25-30(24-23-28(29)11-1)47-50-48(36-17-9-20-40-44(36)33-13-3-6-18-38(33)53-40)52-49(51-47)37-26-31(27-41-45(37)34-14-4-7-19-39(34)54-41)32-16-10-22-43-46(32)35-15-5-8-21-42(35)55-43/h1-24,26-27,30,40,44H,25H2. The van der Waals surface area contributed by atoms with E-state index in [-0.39, 0.29) is 17.9 Å². The summed E-state index contributed by atoms with van der Waals surface area (Å²) in [6, 6.07) is 44.9. The quantitative estimate of drug-likeness (QED) is 0.181. The molecule has 12 rings (SSSR count). The van der Waals surface area contributed by atoms with Gasteiger partial charge in [0.05, 0.1) is 5.92 Å². The fourth-order valence-electron chi connectivity index (χ4n) is 8.91. The van der Waals surface area contributed by atoms with E-state index in [0.29, 0.717) is 11.6 Å². The van der Waals surface area contributed by atoms with E-state index in [9.17, 15) is 0 Å². The number of ether oxygens (including phenoxy) is 1. The van der Waals surface area contributed by atoms with Gasteiger partial charge in [0.25, 0.3) is 0 Å². The van der Waals surface area contributed by atoms with Crippen LogP contribution in [0.5, 0.6) is 5.75 Å². The maximum atomic E-state index is 6.67. The Kier molecular flexibility index (Phi) is 6.68. The summed E-state index contributed by atoms with van der Waals surface area (Å²) >= 11 is 1.83. The van der Waals surface area contributed by atoms with E-state index >= 15 is 0 Å². The number of aromatic nitrogens is 3. The van der Waals surface area contributed by atoms with Crippen molar-refractivity contribution in [2.75, 3.05) is 0 Å². The van der Waals surface area contributed by atoms with Crippen molar-refractivity contribution in [3.8, 4) is 28.3 Å². The average Bonchev–Trinajstić information content (AvgIpc) is 3.94. The van der Waals surface area contributed by atoms with Crippen LogP contribution in [0.4, 0.5) is 0 Å². The molecule has 3 aromatic heterocycles. The number of allylic oxidation sites excluding steroid dienone is 3. The summed E-state index contributed by atoms with van der Waals surface area (Å²) in [7, 11) is 0. The van der Waals surface area contributed by atoms with E-state index in [1.54, 1.807) is 0 Å². The molecule has 0 spiro atoms. The van der Waals surface area contributed by atoms with Gasteiger partial charge in [-0.3, -0.25) is 0 Å². The minimum Gasteiger partial charge on any atom is -0.485 e. The summed E-state index contributed by atoms with van der Waals surface area (Å²) in [6.07, 6.45) is 11.5. The summed E-state index contributed by atoms with van der Waals surface area (Å²) in [4.78, 5) is 16.2. The second-order valence-corrected chi connectivity index (χ2v) is 15.7. The number of nitrogens with zero attached hydrogens (tertiary/aromatic N) is 3. The lowest BCUT2D eigenvalue weighted by atomic mass is 9.84. The van der Waals surface area contributed by atoms with Crippen molar-refractivity contribution < 1.29 is 9.15 Å². The first-order valence-corrected chi connectivity index (χ1v) is 19.6. The summed E-state index contributed by atoms with van der Waals surface area (Å²) in [5.41, 5.74) is 9.48.